The summed E-state index contributed by atoms with van der Waals surface area (Å²) >= 11 is 0. The monoisotopic (exact) mass is 401 g/mol. The van der Waals surface area contributed by atoms with Gasteiger partial charge in [0, 0.05) is 18.7 Å². The molecule has 0 saturated heterocycles. The minimum atomic E-state index is -1.16. The van der Waals surface area contributed by atoms with E-state index in [2.05, 4.69) is 24.4 Å². The SMILES string of the molecule is Cc1ccccc1.O=C(O)CC(Cc1ccc(C(=O)NCCCO)cc1)C(=O)O. The van der Waals surface area contributed by atoms with Crippen molar-refractivity contribution >= 4 is 17.8 Å². The third kappa shape index (κ3) is 10.1. The van der Waals surface area contributed by atoms with Crippen LogP contribution in [0, 0.1) is 12.8 Å². The number of benzene rings is 2. The van der Waals surface area contributed by atoms with Gasteiger partial charge in [-0.3, -0.25) is 14.4 Å². The molecule has 1 unspecified atom stereocenters. The predicted octanol–water partition coefficient (Wildman–Crippen LogP) is 2.51. The topological polar surface area (TPSA) is 124 Å². The summed E-state index contributed by atoms with van der Waals surface area (Å²) in [5, 5.41) is 29.0. The summed E-state index contributed by atoms with van der Waals surface area (Å²) in [6, 6.07) is 16.6. The smallest absolute Gasteiger partial charge is 0.307 e. The Balaban J connectivity index is 0.000000502. The molecule has 2 aromatic carbocycles. The molecule has 0 bridgehead atoms. The van der Waals surface area contributed by atoms with E-state index in [-0.39, 0.29) is 18.9 Å². The Labute approximate surface area is 170 Å². The Kier molecular flexibility index (Phi) is 10.7. The molecular weight excluding hydrogens is 374 g/mol. The maximum atomic E-state index is 11.7. The molecule has 4 N–H and O–H groups in total. The van der Waals surface area contributed by atoms with E-state index in [4.69, 9.17) is 15.3 Å². The van der Waals surface area contributed by atoms with E-state index < -0.39 is 24.3 Å². The Hall–Kier alpha value is -3.19. The van der Waals surface area contributed by atoms with Crippen molar-refractivity contribution in [3.63, 3.8) is 0 Å². The number of carbonyl (C=O) groups is 3. The van der Waals surface area contributed by atoms with Crippen molar-refractivity contribution in [1.29, 1.82) is 0 Å². The molecule has 1 amide bonds. The molecule has 0 aromatic heterocycles. The summed E-state index contributed by atoms with van der Waals surface area (Å²) in [5.41, 5.74) is 2.40. The van der Waals surface area contributed by atoms with Crippen LogP contribution in [0.25, 0.3) is 0 Å². The third-order valence-electron chi connectivity index (χ3n) is 4.03. The Morgan fingerprint density at radius 2 is 1.59 bits per heavy atom. The number of amides is 1. The molecule has 7 nitrogen and oxygen atoms in total. The first kappa shape index (κ1) is 23.8. The number of rotatable bonds is 9. The molecule has 2 aromatic rings. The first-order valence-electron chi connectivity index (χ1n) is 9.27. The number of hydrogen-bond donors (Lipinski definition) is 4. The molecule has 156 valence electrons. The number of hydrogen-bond acceptors (Lipinski definition) is 4. The van der Waals surface area contributed by atoms with Crippen LogP contribution in [-0.4, -0.2) is 46.3 Å². The minimum absolute atomic E-state index is 0.000623. The number of aliphatic hydroxyl groups is 1. The van der Waals surface area contributed by atoms with Crippen LogP contribution in [0.15, 0.2) is 54.6 Å². The molecule has 7 heteroatoms. The van der Waals surface area contributed by atoms with Gasteiger partial charge in [-0.25, -0.2) is 0 Å². The van der Waals surface area contributed by atoms with E-state index in [0.29, 0.717) is 24.1 Å². The van der Waals surface area contributed by atoms with Gasteiger partial charge in [0.2, 0.25) is 0 Å². The molecule has 29 heavy (non-hydrogen) atoms. The normalized spacial score (nSPS) is 11.0. The lowest BCUT2D eigenvalue weighted by atomic mass is 9.95. The highest BCUT2D eigenvalue weighted by Crippen LogP contribution is 2.14. The third-order valence-corrected chi connectivity index (χ3v) is 4.03. The van der Waals surface area contributed by atoms with Gasteiger partial charge in [-0.1, -0.05) is 48.0 Å². The number of nitrogens with one attached hydrogen (secondary N) is 1. The molecule has 1 atom stereocenters. The van der Waals surface area contributed by atoms with Gasteiger partial charge >= 0.3 is 11.9 Å². The highest BCUT2D eigenvalue weighted by Gasteiger charge is 2.21. The number of carboxylic acid groups (broad SMARTS) is 2. The van der Waals surface area contributed by atoms with Gasteiger partial charge in [-0.2, -0.15) is 0 Å². The van der Waals surface area contributed by atoms with Crippen LogP contribution in [0.5, 0.6) is 0 Å². The summed E-state index contributed by atoms with van der Waals surface area (Å²) in [7, 11) is 0. The predicted molar refractivity (Wildman–Crippen MR) is 109 cm³/mol. The molecule has 0 aliphatic carbocycles. The van der Waals surface area contributed by atoms with Gasteiger partial charge in [0.1, 0.15) is 0 Å². The molecule has 0 heterocycles. The molecule has 0 spiro atoms. The molecule has 0 aliphatic heterocycles. The standard InChI is InChI=1S/C15H19NO6.C7H8/c17-7-1-6-16-14(20)11-4-2-10(3-5-11)8-12(15(21)22)9-13(18)19;1-7-5-3-2-4-6-7/h2-5,12,17H,1,6-9H2,(H,16,20)(H,18,19)(H,21,22);2-6H,1H3. The van der Waals surface area contributed by atoms with Gasteiger partial charge in [-0.05, 0) is 37.5 Å². The van der Waals surface area contributed by atoms with Crippen molar-refractivity contribution in [2.24, 2.45) is 5.92 Å². The summed E-state index contributed by atoms with van der Waals surface area (Å²) in [4.78, 5) is 33.4. The van der Waals surface area contributed by atoms with Crippen LogP contribution in [0.1, 0.15) is 34.3 Å². The fourth-order valence-corrected chi connectivity index (χ4v) is 2.45. The molecular formula is C22H27NO6. The molecule has 0 fully saturated rings. The van der Waals surface area contributed by atoms with Gasteiger partial charge in [0.05, 0.1) is 12.3 Å². The van der Waals surface area contributed by atoms with E-state index in [1.54, 1.807) is 24.3 Å². The summed E-state index contributed by atoms with van der Waals surface area (Å²) in [5.74, 6) is -3.59. The second kappa shape index (κ2) is 13.1. The first-order valence-corrected chi connectivity index (χ1v) is 9.27. The van der Waals surface area contributed by atoms with Crippen molar-refractivity contribution in [2.75, 3.05) is 13.2 Å². The van der Waals surface area contributed by atoms with E-state index in [9.17, 15) is 14.4 Å². The molecule has 0 aliphatic rings. The number of aryl methyl sites for hydroxylation is 1. The summed E-state index contributed by atoms with van der Waals surface area (Å²) in [6.07, 6.45) is 0.117. The fraction of sp³-hybridized carbons (Fsp3) is 0.318. The summed E-state index contributed by atoms with van der Waals surface area (Å²) in [6.45, 7) is 2.45. The second-order valence-corrected chi connectivity index (χ2v) is 6.52. The number of carboxylic acids is 2. The van der Waals surface area contributed by atoms with Crippen LogP contribution < -0.4 is 5.32 Å². The zero-order chi connectivity index (χ0) is 21.6. The maximum absolute atomic E-state index is 11.7. The average molecular weight is 401 g/mol. The second-order valence-electron chi connectivity index (χ2n) is 6.52. The van der Waals surface area contributed by atoms with E-state index >= 15 is 0 Å². The summed E-state index contributed by atoms with van der Waals surface area (Å²) < 4.78 is 0. The lowest BCUT2D eigenvalue weighted by Gasteiger charge is -2.10. The van der Waals surface area contributed by atoms with E-state index in [0.717, 1.165) is 0 Å². The molecule has 0 radical (unpaired) electrons. The van der Waals surface area contributed by atoms with E-state index in [1.165, 1.54) is 5.56 Å². The average Bonchev–Trinajstić information content (AvgIpc) is 2.69. The largest absolute Gasteiger partial charge is 0.481 e. The number of aliphatic carboxylic acids is 2. The van der Waals surface area contributed by atoms with Crippen molar-refractivity contribution in [3.05, 3.63) is 71.3 Å². The van der Waals surface area contributed by atoms with Crippen molar-refractivity contribution in [2.45, 2.75) is 26.2 Å². The van der Waals surface area contributed by atoms with Gasteiger partial charge in [0.15, 0.2) is 0 Å². The van der Waals surface area contributed by atoms with Crippen molar-refractivity contribution < 1.29 is 29.7 Å². The maximum Gasteiger partial charge on any atom is 0.307 e. The number of aliphatic hydroxyl groups excluding tert-OH is 1. The van der Waals surface area contributed by atoms with Crippen LogP contribution >= 0.6 is 0 Å². The van der Waals surface area contributed by atoms with Crippen LogP contribution in [0.4, 0.5) is 0 Å². The van der Waals surface area contributed by atoms with Crippen LogP contribution in [-0.2, 0) is 16.0 Å². The highest BCUT2D eigenvalue weighted by molar-refractivity contribution is 5.94. The minimum Gasteiger partial charge on any atom is -0.481 e. The zero-order valence-corrected chi connectivity index (χ0v) is 16.4. The molecule has 0 saturated carbocycles. The molecule has 2 rings (SSSR count). The van der Waals surface area contributed by atoms with Gasteiger partial charge in [-0.15, -0.1) is 0 Å². The Bertz CT molecular complexity index is 774. The Morgan fingerprint density at radius 3 is 2.03 bits per heavy atom. The number of carbonyl (C=O) groups excluding carboxylic acids is 1. The van der Waals surface area contributed by atoms with Crippen molar-refractivity contribution in [1.82, 2.24) is 5.32 Å². The van der Waals surface area contributed by atoms with Gasteiger partial charge in [0.25, 0.3) is 5.91 Å². The van der Waals surface area contributed by atoms with E-state index in [1.807, 2.05) is 18.2 Å². The lowest BCUT2D eigenvalue weighted by molar-refractivity contribution is -0.148. The van der Waals surface area contributed by atoms with Crippen LogP contribution in [0.3, 0.4) is 0 Å². The van der Waals surface area contributed by atoms with Crippen molar-refractivity contribution in [3.8, 4) is 0 Å². The first-order chi connectivity index (χ1) is 13.8. The Morgan fingerprint density at radius 1 is 0.966 bits per heavy atom. The fourth-order valence-electron chi connectivity index (χ4n) is 2.45. The van der Waals surface area contributed by atoms with Gasteiger partial charge < -0.3 is 20.6 Å². The lowest BCUT2D eigenvalue weighted by Crippen LogP contribution is -2.25. The highest BCUT2D eigenvalue weighted by atomic mass is 16.4. The zero-order valence-electron chi connectivity index (χ0n) is 16.4. The van der Waals surface area contributed by atoms with Crippen LogP contribution in [0.2, 0.25) is 0 Å². The quantitative estimate of drug-likeness (QED) is 0.479.